The molecule has 0 spiro atoms. The topological polar surface area (TPSA) is 37.0 Å². The van der Waals surface area contributed by atoms with Gasteiger partial charge in [-0.2, -0.15) is 13.2 Å². The second kappa shape index (κ2) is 3.26. The molecule has 3 nitrogen and oxygen atoms in total. The minimum Gasteiger partial charge on any atom is -0.365 e. The molecule has 0 unspecified atom stereocenters. The van der Waals surface area contributed by atoms with Crippen LogP contribution in [0.15, 0.2) is 24.3 Å². The molecule has 0 saturated carbocycles. The lowest BCUT2D eigenvalue weighted by Crippen LogP contribution is -2.04. The fourth-order valence-electron chi connectivity index (χ4n) is 1.84. The molecule has 2 aromatic rings. The van der Waals surface area contributed by atoms with E-state index in [4.69, 9.17) is 0 Å². The van der Waals surface area contributed by atoms with Gasteiger partial charge in [0.15, 0.2) is 5.82 Å². The van der Waals surface area contributed by atoms with Gasteiger partial charge in [-0.15, -0.1) is 0 Å². The highest BCUT2D eigenvalue weighted by Gasteiger charge is 2.30. The first-order chi connectivity index (χ1) is 8.04. The Kier molecular flexibility index (Phi) is 1.95. The molecule has 0 radical (unpaired) electrons. The van der Waals surface area contributed by atoms with Crippen molar-refractivity contribution in [3.05, 3.63) is 29.8 Å². The molecule has 0 aliphatic carbocycles. The van der Waals surface area contributed by atoms with Crippen LogP contribution < -0.4 is 10.6 Å². The molecule has 1 aliphatic heterocycles. The Hall–Kier alpha value is -1.98. The van der Waals surface area contributed by atoms with Crippen molar-refractivity contribution in [2.45, 2.75) is 6.18 Å². The van der Waals surface area contributed by atoms with Crippen LogP contribution in [0.4, 0.5) is 24.7 Å². The number of nitrogens with zero attached hydrogens (tertiary/aromatic N) is 1. The van der Waals surface area contributed by atoms with Gasteiger partial charge >= 0.3 is 6.18 Å². The maximum absolute atomic E-state index is 12.5. The van der Waals surface area contributed by atoms with Crippen LogP contribution in [0, 0.1) is 0 Å². The van der Waals surface area contributed by atoms with E-state index in [1.54, 1.807) is 6.07 Å². The fraction of sp³-hybridized carbons (Fsp3) is 0.182. The van der Waals surface area contributed by atoms with Gasteiger partial charge in [0.25, 0.3) is 0 Å². The first kappa shape index (κ1) is 10.2. The standard InChI is InChI=1S/C11H8F3N3/c12-11(13,14)7-2-1-6-3-9-10(16-5-15-9)17-8(6)4-7/h1-4,15H,5H2,(H,16,17). The Labute approximate surface area is 94.7 Å². The summed E-state index contributed by atoms with van der Waals surface area (Å²) in [7, 11) is 0. The molecule has 17 heavy (non-hydrogen) atoms. The van der Waals surface area contributed by atoms with E-state index in [2.05, 4.69) is 15.6 Å². The summed E-state index contributed by atoms with van der Waals surface area (Å²) in [5.74, 6) is 0.594. The molecule has 88 valence electrons. The normalized spacial score (nSPS) is 14.3. The van der Waals surface area contributed by atoms with E-state index in [0.29, 0.717) is 23.4 Å². The molecular formula is C11H8F3N3. The summed E-state index contributed by atoms with van der Waals surface area (Å²) < 4.78 is 37.6. The van der Waals surface area contributed by atoms with Crippen molar-refractivity contribution in [3.8, 4) is 0 Å². The van der Waals surface area contributed by atoms with Crippen molar-refractivity contribution in [1.29, 1.82) is 0 Å². The predicted molar refractivity (Wildman–Crippen MR) is 58.9 cm³/mol. The number of nitrogens with one attached hydrogen (secondary N) is 2. The van der Waals surface area contributed by atoms with Gasteiger partial charge in [0.2, 0.25) is 0 Å². The molecule has 2 heterocycles. The number of hydrogen-bond acceptors (Lipinski definition) is 3. The number of rotatable bonds is 0. The summed E-state index contributed by atoms with van der Waals surface area (Å²) in [6, 6.07) is 5.36. The van der Waals surface area contributed by atoms with Crippen LogP contribution >= 0.6 is 0 Å². The van der Waals surface area contributed by atoms with Crippen molar-refractivity contribution in [2.75, 3.05) is 17.3 Å². The number of hydrogen-bond donors (Lipinski definition) is 2. The molecule has 6 heteroatoms. The van der Waals surface area contributed by atoms with Gasteiger partial charge in [-0.25, -0.2) is 4.98 Å². The number of fused-ring (bicyclic) bond motifs is 2. The van der Waals surface area contributed by atoms with E-state index in [0.717, 1.165) is 17.8 Å². The molecule has 1 aromatic heterocycles. The van der Waals surface area contributed by atoms with Gasteiger partial charge in [-0.1, -0.05) is 6.07 Å². The first-order valence-corrected chi connectivity index (χ1v) is 5.04. The fourth-order valence-corrected chi connectivity index (χ4v) is 1.84. The average molecular weight is 239 g/mol. The van der Waals surface area contributed by atoms with Crippen LogP contribution in [-0.4, -0.2) is 11.7 Å². The van der Waals surface area contributed by atoms with Crippen molar-refractivity contribution < 1.29 is 13.2 Å². The Bertz CT molecular complexity index is 592. The van der Waals surface area contributed by atoms with E-state index in [1.165, 1.54) is 6.07 Å². The maximum atomic E-state index is 12.5. The predicted octanol–water partition coefficient (Wildman–Crippen LogP) is 3.05. The first-order valence-electron chi connectivity index (χ1n) is 5.04. The van der Waals surface area contributed by atoms with Gasteiger partial charge in [-0.3, -0.25) is 0 Å². The highest BCUT2D eigenvalue weighted by Crippen LogP contribution is 2.33. The molecule has 0 fully saturated rings. The maximum Gasteiger partial charge on any atom is 0.416 e. The summed E-state index contributed by atoms with van der Waals surface area (Å²) in [4.78, 5) is 4.16. The van der Waals surface area contributed by atoms with E-state index < -0.39 is 11.7 Å². The third-order valence-corrected chi connectivity index (χ3v) is 2.68. The molecule has 3 rings (SSSR count). The van der Waals surface area contributed by atoms with Crippen LogP contribution in [-0.2, 0) is 6.18 Å². The minimum atomic E-state index is -4.33. The van der Waals surface area contributed by atoms with E-state index >= 15 is 0 Å². The van der Waals surface area contributed by atoms with Gasteiger partial charge in [0.1, 0.15) is 0 Å². The second-order valence-corrected chi connectivity index (χ2v) is 3.82. The largest absolute Gasteiger partial charge is 0.416 e. The molecule has 0 saturated heterocycles. The number of alkyl halides is 3. The summed E-state index contributed by atoms with van der Waals surface area (Å²) in [5.41, 5.74) is 0.482. The van der Waals surface area contributed by atoms with Crippen molar-refractivity contribution in [3.63, 3.8) is 0 Å². The molecule has 1 aliphatic rings. The molecule has 2 N–H and O–H groups in total. The molecule has 0 amide bonds. The highest BCUT2D eigenvalue weighted by atomic mass is 19.4. The SMILES string of the molecule is FC(F)(F)c1ccc2cc3c(nc2c1)NCN3. The Morgan fingerprint density at radius 2 is 1.94 bits per heavy atom. The molecule has 1 aromatic carbocycles. The smallest absolute Gasteiger partial charge is 0.365 e. The number of halogens is 3. The number of anilines is 2. The summed E-state index contributed by atoms with van der Waals surface area (Å²) in [6.07, 6.45) is -4.33. The number of aromatic nitrogens is 1. The zero-order valence-electron chi connectivity index (χ0n) is 8.60. The van der Waals surface area contributed by atoms with Crippen molar-refractivity contribution in [1.82, 2.24) is 4.98 Å². The highest BCUT2D eigenvalue weighted by molar-refractivity contribution is 5.88. The van der Waals surface area contributed by atoms with Gasteiger partial charge in [0, 0.05) is 5.39 Å². The van der Waals surface area contributed by atoms with Gasteiger partial charge < -0.3 is 10.6 Å². The zero-order valence-corrected chi connectivity index (χ0v) is 8.60. The van der Waals surface area contributed by atoms with Crippen LogP contribution in [0.25, 0.3) is 10.9 Å². The van der Waals surface area contributed by atoms with Gasteiger partial charge in [0.05, 0.1) is 23.4 Å². The van der Waals surface area contributed by atoms with E-state index in [1.807, 2.05) is 0 Å². The number of pyridine rings is 1. The van der Waals surface area contributed by atoms with Crippen LogP contribution in [0.3, 0.4) is 0 Å². The Balaban J connectivity index is 2.20. The lowest BCUT2D eigenvalue weighted by atomic mass is 10.1. The quantitative estimate of drug-likeness (QED) is 0.741. The van der Waals surface area contributed by atoms with Crippen LogP contribution in [0.1, 0.15) is 5.56 Å². The summed E-state index contributed by atoms with van der Waals surface area (Å²) >= 11 is 0. The lowest BCUT2D eigenvalue weighted by molar-refractivity contribution is -0.137. The zero-order chi connectivity index (χ0) is 12.0. The van der Waals surface area contributed by atoms with Gasteiger partial charge in [-0.05, 0) is 18.2 Å². The summed E-state index contributed by atoms with van der Waals surface area (Å²) in [5, 5.41) is 6.68. The monoisotopic (exact) mass is 239 g/mol. The Morgan fingerprint density at radius 3 is 2.71 bits per heavy atom. The van der Waals surface area contributed by atoms with Crippen LogP contribution in [0.2, 0.25) is 0 Å². The molecular weight excluding hydrogens is 231 g/mol. The van der Waals surface area contributed by atoms with E-state index in [-0.39, 0.29) is 0 Å². The molecule has 0 atom stereocenters. The lowest BCUT2D eigenvalue weighted by Gasteiger charge is -2.08. The van der Waals surface area contributed by atoms with Crippen molar-refractivity contribution >= 4 is 22.4 Å². The third kappa shape index (κ3) is 1.65. The minimum absolute atomic E-state index is 0.342. The third-order valence-electron chi connectivity index (χ3n) is 2.68. The Morgan fingerprint density at radius 1 is 1.12 bits per heavy atom. The van der Waals surface area contributed by atoms with E-state index in [9.17, 15) is 13.2 Å². The second-order valence-electron chi connectivity index (χ2n) is 3.82. The average Bonchev–Trinajstić information content (AvgIpc) is 2.70. The molecule has 0 bridgehead atoms. The number of benzene rings is 1. The summed E-state index contributed by atoms with van der Waals surface area (Å²) in [6.45, 7) is 0.546. The van der Waals surface area contributed by atoms with Crippen molar-refractivity contribution in [2.24, 2.45) is 0 Å². The van der Waals surface area contributed by atoms with Crippen LogP contribution in [0.5, 0.6) is 0 Å².